The molecule has 0 aliphatic carbocycles. The summed E-state index contributed by atoms with van der Waals surface area (Å²) in [6.07, 6.45) is 0.923. The maximum atomic E-state index is 13.1. The van der Waals surface area contributed by atoms with E-state index >= 15 is 0 Å². The molecule has 0 aliphatic heterocycles. The fraction of sp³-hybridized carbons (Fsp3) is 0.250. The van der Waals surface area contributed by atoms with E-state index in [2.05, 4.69) is 29.6 Å². The average molecular weight is 389 g/mol. The van der Waals surface area contributed by atoms with Gasteiger partial charge in [-0.3, -0.25) is 9.59 Å². The average Bonchev–Trinajstić information content (AvgIpc) is 2.75. The van der Waals surface area contributed by atoms with Crippen molar-refractivity contribution in [3.05, 3.63) is 83.9 Å². The summed E-state index contributed by atoms with van der Waals surface area (Å²) in [5, 5.41) is 5.40. The highest BCUT2D eigenvalue weighted by Crippen LogP contribution is 2.18. The Morgan fingerprint density at radius 3 is 2.21 bits per heavy atom. The van der Waals surface area contributed by atoms with Gasteiger partial charge in [0.2, 0.25) is 11.8 Å². The lowest BCUT2D eigenvalue weighted by Gasteiger charge is -2.29. The van der Waals surface area contributed by atoms with Gasteiger partial charge in [-0.05, 0) is 35.4 Å². The largest absolute Gasteiger partial charge is 0.368 e. The Bertz CT molecular complexity index is 988. The highest BCUT2D eigenvalue weighted by molar-refractivity contribution is 5.89. The van der Waals surface area contributed by atoms with Crippen molar-refractivity contribution in [1.82, 2.24) is 10.2 Å². The van der Waals surface area contributed by atoms with Crippen LogP contribution in [-0.2, 0) is 22.4 Å². The maximum absolute atomic E-state index is 13.1. The quantitative estimate of drug-likeness (QED) is 0.622. The third kappa shape index (κ3) is 5.00. The van der Waals surface area contributed by atoms with Gasteiger partial charge in [0.05, 0.1) is 6.04 Å². The van der Waals surface area contributed by atoms with Crippen LogP contribution in [-0.4, -0.2) is 42.9 Å². The molecule has 2 amide bonds. The summed E-state index contributed by atoms with van der Waals surface area (Å²) in [7, 11) is 3.40. The highest BCUT2D eigenvalue weighted by Gasteiger charge is 2.29. The Balaban J connectivity index is 1.76. The molecule has 0 spiro atoms. The van der Waals surface area contributed by atoms with Crippen molar-refractivity contribution in [2.45, 2.75) is 24.9 Å². The molecule has 0 bridgehead atoms. The standard InChI is InChI=1S/C24H27N3O2/c1-26-21(15-18-12-13-19-10-6-7-11-20(19)14-18)24(29)27(2)22(23(25)28)16-17-8-4-3-5-9-17/h3-14,21-22,26H,15-16H2,1-2H3,(H2,25,28)/t21-,22-/m1/s1. The molecule has 29 heavy (non-hydrogen) atoms. The van der Waals surface area contributed by atoms with Crippen LogP contribution in [0.15, 0.2) is 72.8 Å². The first-order valence-corrected chi connectivity index (χ1v) is 9.74. The lowest BCUT2D eigenvalue weighted by atomic mass is 9.99. The number of likely N-dealkylation sites (N-methyl/N-ethyl adjacent to an activating group) is 2. The van der Waals surface area contributed by atoms with Gasteiger partial charge in [0.25, 0.3) is 0 Å². The van der Waals surface area contributed by atoms with E-state index in [1.807, 2.05) is 48.5 Å². The first kappa shape index (κ1) is 20.6. The summed E-state index contributed by atoms with van der Waals surface area (Å²) >= 11 is 0. The highest BCUT2D eigenvalue weighted by atomic mass is 16.2. The molecule has 5 heteroatoms. The number of primary amides is 1. The van der Waals surface area contributed by atoms with Gasteiger partial charge in [0, 0.05) is 13.5 Å². The molecule has 0 radical (unpaired) electrons. The second-order valence-corrected chi connectivity index (χ2v) is 7.28. The first-order valence-electron chi connectivity index (χ1n) is 9.74. The zero-order valence-electron chi connectivity index (χ0n) is 16.8. The summed E-state index contributed by atoms with van der Waals surface area (Å²) in [5.74, 6) is -0.661. The van der Waals surface area contributed by atoms with Crippen molar-refractivity contribution in [2.75, 3.05) is 14.1 Å². The van der Waals surface area contributed by atoms with Crippen LogP contribution >= 0.6 is 0 Å². The molecular weight excluding hydrogens is 362 g/mol. The summed E-state index contributed by atoms with van der Waals surface area (Å²) in [6.45, 7) is 0. The third-order valence-corrected chi connectivity index (χ3v) is 5.32. The summed E-state index contributed by atoms with van der Waals surface area (Å²) in [6, 6.07) is 22.8. The number of amides is 2. The van der Waals surface area contributed by atoms with E-state index in [1.54, 1.807) is 14.1 Å². The molecular formula is C24H27N3O2. The Morgan fingerprint density at radius 2 is 1.55 bits per heavy atom. The van der Waals surface area contributed by atoms with Crippen LogP contribution in [0, 0.1) is 0 Å². The number of nitrogens with one attached hydrogen (secondary N) is 1. The van der Waals surface area contributed by atoms with E-state index in [1.165, 1.54) is 4.90 Å². The minimum absolute atomic E-state index is 0.152. The minimum Gasteiger partial charge on any atom is -0.368 e. The Kier molecular flexibility index (Phi) is 6.62. The maximum Gasteiger partial charge on any atom is 0.240 e. The van der Waals surface area contributed by atoms with Crippen LogP contribution in [0.4, 0.5) is 0 Å². The van der Waals surface area contributed by atoms with Crippen LogP contribution in [0.1, 0.15) is 11.1 Å². The molecule has 0 saturated carbocycles. The summed E-state index contributed by atoms with van der Waals surface area (Å²) in [4.78, 5) is 26.7. The lowest BCUT2D eigenvalue weighted by molar-refractivity contribution is -0.139. The second kappa shape index (κ2) is 9.34. The Labute approximate surface area is 171 Å². The molecule has 3 aromatic carbocycles. The van der Waals surface area contributed by atoms with Gasteiger partial charge in [-0.1, -0.05) is 72.8 Å². The fourth-order valence-electron chi connectivity index (χ4n) is 3.58. The molecule has 0 unspecified atom stereocenters. The Morgan fingerprint density at radius 1 is 0.897 bits per heavy atom. The number of hydrogen-bond acceptors (Lipinski definition) is 3. The predicted octanol–water partition coefficient (Wildman–Crippen LogP) is 2.53. The smallest absolute Gasteiger partial charge is 0.240 e. The molecule has 0 fully saturated rings. The van der Waals surface area contributed by atoms with Crippen molar-refractivity contribution in [2.24, 2.45) is 5.73 Å². The molecule has 3 N–H and O–H groups in total. The van der Waals surface area contributed by atoms with Crippen molar-refractivity contribution >= 4 is 22.6 Å². The van der Waals surface area contributed by atoms with Gasteiger partial charge in [0.1, 0.15) is 6.04 Å². The molecule has 150 valence electrons. The van der Waals surface area contributed by atoms with Gasteiger partial charge >= 0.3 is 0 Å². The van der Waals surface area contributed by atoms with E-state index in [-0.39, 0.29) is 5.91 Å². The molecule has 0 saturated heterocycles. The Hall–Kier alpha value is -3.18. The number of rotatable bonds is 8. The molecule has 3 aromatic rings. The molecule has 2 atom stereocenters. The van der Waals surface area contributed by atoms with Gasteiger partial charge in [-0.15, -0.1) is 0 Å². The van der Waals surface area contributed by atoms with Crippen molar-refractivity contribution in [3.8, 4) is 0 Å². The van der Waals surface area contributed by atoms with Crippen LogP contribution < -0.4 is 11.1 Å². The van der Waals surface area contributed by atoms with Crippen LogP contribution in [0.25, 0.3) is 10.8 Å². The van der Waals surface area contributed by atoms with Crippen LogP contribution in [0.2, 0.25) is 0 Å². The second-order valence-electron chi connectivity index (χ2n) is 7.28. The van der Waals surface area contributed by atoms with Gasteiger partial charge < -0.3 is 16.0 Å². The van der Waals surface area contributed by atoms with E-state index in [0.717, 1.165) is 21.9 Å². The normalized spacial score (nSPS) is 13.0. The monoisotopic (exact) mass is 389 g/mol. The molecule has 3 rings (SSSR count). The number of hydrogen-bond donors (Lipinski definition) is 2. The third-order valence-electron chi connectivity index (χ3n) is 5.32. The SMILES string of the molecule is CN[C@H](Cc1ccc2ccccc2c1)C(=O)N(C)[C@H](Cc1ccccc1)C(N)=O. The van der Waals surface area contributed by atoms with E-state index in [9.17, 15) is 9.59 Å². The lowest BCUT2D eigenvalue weighted by Crippen LogP contribution is -2.53. The zero-order valence-corrected chi connectivity index (χ0v) is 16.8. The van der Waals surface area contributed by atoms with Crippen molar-refractivity contribution in [1.29, 1.82) is 0 Å². The van der Waals surface area contributed by atoms with E-state index in [4.69, 9.17) is 5.73 Å². The van der Waals surface area contributed by atoms with Crippen molar-refractivity contribution < 1.29 is 9.59 Å². The number of nitrogens with two attached hydrogens (primary N) is 1. The fourth-order valence-corrected chi connectivity index (χ4v) is 3.58. The first-order chi connectivity index (χ1) is 14.0. The molecule has 5 nitrogen and oxygen atoms in total. The molecule has 0 heterocycles. The number of carbonyl (C=O) groups is 2. The summed E-state index contributed by atoms with van der Waals surface area (Å²) in [5.41, 5.74) is 7.65. The number of nitrogens with zero attached hydrogens (tertiary/aromatic N) is 1. The minimum atomic E-state index is -0.697. The van der Waals surface area contributed by atoms with Gasteiger partial charge in [-0.25, -0.2) is 0 Å². The van der Waals surface area contributed by atoms with Crippen LogP contribution in [0.3, 0.4) is 0 Å². The number of benzene rings is 3. The topological polar surface area (TPSA) is 75.4 Å². The zero-order chi connectivity index (χ0) is 20.8. The van der Waals surface area contributed by atoms with Crippen LogP contribution in [0.5, 0.6) is 0 Å². The van der Waals surface area contributed by atoms with Gasteiger partial charge in [-0.2, -0.15) is 0 Å². The van der Waals surface area contributed by atoms with Crippen molar-refractivity contribution in [3.63, 3.8) is 0 Å². The van der Waals surface area contributed by atoms with E-state index < -0.39 is 18.0 Å². The predicted molar refractivity (Wildman–Crippen MR) is 116 cm³/mol. The van der Waals surface area contributed by atoms with E-state index in [0.29, 0.717) is 12.8 Å². The number of carbonyl (C=O) groups excluding carboxylic acids is 2. The molecule has 0 aromatic heterocycles. The summed E-state index contributed by atoms with van der Waals surface area (Å²) < 4.78 is 0. The number of fused-ring (bicyclic) bond motifs is 1. The van der Waals surface area contributed by atoms with Gasteiger partial charge in [0.15, 0.2) is 0 Å². The molecule has 0 aliphatic rings.